The van der Waals surface area contributed by atoms with E-state index in [-0.39, 0.29) is 6.61 Å². The van der Waals surface area contributed by atoms with E-state index in [1.165, 1.54) is 14.1 Å². The highest BCUT2D eigenvalue weighted by atomic mass is 16.6. The Kier molecular flexibility index (Phi) is 4.02. The molecule has 0 aromatic carbocycles. The lowest BCUT2D eigenvalue weighted by Crippen LogP contribution is -2.39. The fourth-order valence-electron chi connectivity index (χ4n) is 0.471. The molecule has 0 radical (unpaired) electrons. The maximum absolute atomic E-state index is 10.8. The summed E-state index contributed by atoms with van der Waals surface area (Å²) in [4.78, 5) is 22.4. The fraction of sp³-hybridized carbons (Fsp3) is 0.667. The minimum atomic E-state index is -0.646. The van der Waals surface area contributed by atoms with Crippen molar-refractivity contribution in [3.05, 3.63) is 0 Å². The number of hydrogen-bond acceptors (Lipinski definition) is 3. The van der Waals surface area contributed by atoms with E-state index >= 15 is 0 Å². The second-order valence-electron chi connectivity index (χ2n) is 1.81. The van der Waals surface area contributed by atoms with E-state index < -0.39 is 12.1 Å². The zero-order chi connectivity index (χ0) is 8.85. The lowest BCUT2D eigenvalue weighted by Gasteiger charge is -2.13. The van der Waals surface area contributed by atoms with Crippen molar-refractivity contribution in [2.45, 2.75) is 6.92 Å². The van der Waals surface area contributed by atoms with Gasteiger partial charge in [-0.3, -0.25) is 0 Å². The van der Waals surface area contributed by atoms with Crippen LogP contribution in [-0.4, -0.2) is 37.7 Å². The summed E-state index contributed by atoms with van der Waals surface area (Å²) in [5.41, 5.74) is 0. The SMILES string of the molecule is CCOC(=O)N(C)C(=O)NC. The van der Waals surface area contributed by atoms with Gasteiger partial charge in [0.05, 0.1) is 6.61 Å². The van der Waals surface area contributed by atoms with E-state index in [2.05, 4.69) is 10.1 Å². The van der Waals surface area contributed by atoms with Crippen molar-refractivity contribution in [1.82, 2.24) is 10.2 Å². The van der Waals surface area contributed by atoms with Crippen LogP contribution in [-0.2, 0) is 4.74 Å². The zero-order valence-electron chi connectivity index (χ0n) is 6.88. The summed E-state index contributed by atoms with van der Waals surface area (Å²) >= 11 is 0. The zero-order valence-corrected chi connectivity index (χ0v) is 6.88. The van der Waals surface area contributed by atoms with Gasteiger partial charge in [0.15, 0.2) is 0 Å². The highest BCUT2D eigenvalue weighted by Gasteiger charge is 2.15. The quantitative estimate of drug-likeness (QED) is 0.604. The maximum atomic E-state index is 10.8. The van der Waals surface area contributed by atoms with Crippen molar-refractivity contribution >= 4 is 12.1 Å². The summed E-state index contributed by atoms with van der Waals surface area (Å²) in [7, 11) is 2.79. The molecule has 0 spiro atoms. The molecule has 0 heterocycles. The number of hydrogen-bond donors (Lipinski definition) is 1. The Hall–Kier alpha value is -1.26. The van der Waals surface area contributed by atoms with Crippen LogP contribution < -0.4 is 5.32 Å². The Morgan fingerprint density at radius 3 is 2.45 bits per heavy atom. The number of ether oxygens (including phenoxy) is 1. The van der Waals surface area contributed by atoms with Gasteiger partial charge < -0.3 is 10.1 Å². The topological polar surface area (TPSA) is 58.6 Å². The molecule has 5 nitrogen and oxygen atoms in total. The number of carbonyl (C=O) groups excluding carboxylic acids is 2. The number of imide groups is 1. The number of nitrogens with zero attached hydrogens (tertiary/aromatic N) is 1. The third kappa shape index (κ3) is 2.88. The summed E-state index contributed by atoms with van der Waals surface area (Å²) in [6, 6.07) is -0.483. The molecule has 0 bridgehead atoms. The number of rotatable bonds is 1. The van der Waals surface area contributed by atoms with Crippen LogP contribution in [0.1, 0.15) is 6.92 Å². The first-order chi connectivity index (χ1) is 5.13. The Morgan fingerprint density at radius 1 is 1.55 bits per heavy atom. The minimum absolute atomic E-state index is 0.264. The van der Waals surface area contributed by atoms with Crippen molar-refractivity contribution in [2.75, 3.05) is 20.7 Å². The normalized spacial score (nSPS) is 8.64. The average Bonchev–Trinajstić information content (AvgIpc) is 2.02. The predicted octanol–water partition coefficient (Wildman–Crippen LogP) is 0.414. The molecular formula is C6H12N2O3. The smallest absolute Gasteiger partial charge is 0.417 e. The second-order valence-corrected chi connectivity index (χ2v) is 1.81. The van der Waals surface area contributed by atoms with E-state index in [9.17, 15) is 9.59 Å². The van der Waals surface area contributed by atoms with Gasteiger partial charge >= 0.3 is 12.1 Å². The maximum Gasteiger partial charge on any atom is 0.417 e. The van der Waals surface area contributed by atoms with Gasteiger partial charge in [0.2, 0.25) is 0 Å². The van der Waals surface area contributed by atoms with Crippen LogP contribution in [0.4, 0.5) is 9.59 Å². The summed E-state index contributed by atoms with van der Waals surface area (Å²) in [5, 5.41) is 2.29. The second kappa shape index (κ2) is 4.54. The summed E-state index contributed by atoms with van der Waals surface area (Å²) in [6.45, 7) is 1.94. The molecule has 0 aliphatic heterocycles. The number of urea groups is 1. The Morgan fingerprint density at radius 2 is 2.09 bits per heavy atom. The number of carbonyl (C=O) groups is 2. The molecule has 1 N–H and O–H groups in total. The molecule has 0 aromatic heterocycles. The number of amides is 3. The standard InChI is InChI=1S/C6H12N2O3/c1-4-11-6(10)8(3)5(9)7-2/h4H2,1-3H3,(H,7,9). The van der Waals surface area contributed by atoms with Crippen molar-refractivity contribution in [2.24, 2.45) is 0 Å². The molecule has 11 heavy (non-hydrogen) atoms. The van der Waals surface area contributed by atoms with Gasteiger partial charge in [0, 0.05) is 14.1 Å². The lowest BCUT2D eigenvalue weighted by molar-refractivity contribution is 0.122. The Labute approximate surface area is 65.3 Å². The molecular weight excluding hydrogens is 148 g/mol. The van der Waals surface area contributed by atoms with E-state index in [0.717, 1.165) is 4.90 Å². The summed E-state index contributed by atoms with van der Waals surface area (Å²) in [5.74, 6) is 0. The molecule has 5 heteroatoms. The Balaban J connectivity index is 3.91. The van der Waals surface area contributed by atoms with Gasteiger partial charge in [-0.15, -0.1) is 0 Å². The molecule has 0 aromatic rings. The van der Waals surface area contributed by atoms with Gasteiger partial charge in [-0.05, 0) is 6.92 Å². The molecule has 3 amide bonds. The van der Waals surface area contributed by atoms with Crippen molar-refractivity contribution in [1.29, 1.82) is 0 Å². The predicted molar refractivity (Wildman–Crippen MR) is 39.2 cm³/mol. The summed E-state index contributed by atoms with van der Waals surface area (Å²) < 4.78 is 4.55. The van der Waals surface area contributed by atoms with Crippen LogP contribution in [0.25, 0.3) is 0 Å². The monoisotopic (exact) mass is 160 g/mol. The fourth-order valence-corrected chi connectivity index (χ4v) is 0.471. The van der Waals surface area contributed by atoms with Crippen LogP contribution in [0.3, 0.4) is 0 Å². The lowest BCUT2D eigenvalue weighted by atomic mass is 10.7. The molecule has 0 saturated heterocycles. The van der Waals surface area contributed by atoms with Gasteiger partial charge in [0.25, 0.3) is 0 Å². The highest BCUT2D eigenvalue weighted by molar-refractivity contribution is 5.90. The summed E-state index contributed by atoms with van der Waals surface area (Å²) in [6.07, 6.45) is -0.646. The third-order valence-corrected chi connectivity index (χ3v) is 1.06. The van der Waals surface area contributed by atoms with Crippen molar-refractivity contribution < 1.29 is 14.3 Å². The molecule has 0 fully saturated rings. The molecule has 0 atom stereocenters. The highest BCUT2D eigenvalue weighted by Crippen LogP contribution is 1.89. The van der Waals surface area contributed by atoms with Gasteiger partial charge in [-0.2, -0.15) is 0 Å². The third-order valence-electron chi connectivity index (χ3n) is 1.06. The minimum Gasteiger partial charge on any atom is -0.449 e. The van der Waals surface area contributed by atoms with Crippen LogP contribution in [0.15, 0.2) is 0 Å². The molecule has 64 valence electrons. The largest absolute Gasteiger partial charge is 0.449 e. The van der Waals surface area contributed by atoms with Crippen LogP contribution in [0, 0.1) is 0 Å². The van der Waals surface area contributed by atoms with E-state index in [0.29, 0.717) is 0 Å². The van der Waals surface area contributed by atoms with E-state index in [1.54, 1.807) is 6.92 Å². The van der Waals surface area contributed by atoms with Gasteiger partial charge in [-0.25, -0.2) is 14.5 Å². The van der Waals surface area contributed by atoms with Gasteiger partial charge in [0.1, 0.15) is 0 Å². The van der Waals surface area contributed by atoms with E-state index in [1.807, 2.05) is 0 Å². The number of nitrogens with one attached hydrogen (secondary N) is 1. The van der Waals surface area contributed by atoms with Crippen LogP contribution in [0.2, 0.25) is 0 Å². The molecule has 0 aliphatic carbocycles. The molecule has 0 rings (SSSR count). The molecule has 0 unspecified atom stereocenters. The van der Waals surface area contributed by atoms with Crippen molar-refractivity contribution in [3.8, 4) is 0 Å². The average molecular weight is 160 g/mol. The van der Waals surface area contributed by atoms with E-state index in [4.69, 9.17) is 0 Å². The first kappa shape index (κ1) is 9.74. The van der Waals surface area contributed by atoms with Gasteiger partial charge in [-0.1, -0.05) is 0 Å². The Bertz CT molecular complexity index is 158. The molecule has 0 saturated carbocycles. The van der Waals surface area contributed by atoms with Crippen LogP contribution in [0.5, 0.6) is 0 Å². The first-order valence-corrected chi connectivity index (χ1v) is 3.25. The van der Waals surface area contributed by atoms with Crippen molar-refractivity contribution in [3.63, 3.8) is 0 Å². The van der Waals surface area contributed by atoms with Crippen LogP contribution >= 0.6 is 0 Å². The first-order valence-electron chi connectivity index (χ1n) is 3.25. The molecule has 0 aliphatic rings.